The van der Waals surface area contributed by atoms with Gasteiger partial charge in [-0.2, -0.15) is 0 Å². The molecule has 2 rings (SSSR count). The maximum atomic E-state index is 5.75. The van der Waals surface area contributed by atoms with Crippen molar-refractivity contribution in [2.24, 2.45) is 0 Å². The minimum absolute atomic E-state index is 0.650. The number of anilines is 1. The highest BCUT2D eigenvalue weighted by Crippen LogP contribution is 2.33. The van der Waals surface area contributed by atoms with Gasteiger partial charge in [-0.3, -0.25) is 0 Å². The van der Waals surface area contributed by atoms with Crippen LogP contribution < -0.4 is 10.1 Å². The standard InChI is InChI=1S/C17H19Br2NO/c1-4-21-17-13(8-14(18)9-16(17)19)10-20-15-6-5-11(2)12(3)7-15/h5-9,20H,4,10H2,1-3H3. The van der Waals surface area contributed by atoms with Gasteiger partial charge >= 0.3 is 0 Å². The Morgan fingerprint density at radius 1 is 1.05 bits per heavy atom. The minimum Gasteiger partial charge on any atom is -0.492 e. The molecule has 0 saturated heterocycles. The maximum absolute atomic E-state index is 5.75. The summed E-state index contributed by atoms with van der Waals surface area (Å²) in [5.41, 5.74) is 4.84. The molecule has 112 valence electrons. The lowest BCUT2D eigenvalue weighted by Gasteiger charge is -2.15. The third-order valence-corrected chi connectivity index (χ3v) is 4.41. The monoisotopic (exact) mass is 411 g/mol. The zero-order valence-corrected chi connectivity index (χ0v) is 15.6. The highest BCUT2D eigenvalue weighted by Gasteiger charge is 2.10. The molecule has 2 nitrogen and oxygen atoms in total. The van der Waals surface area contributed by atoms with Crippen LogP contribution in [0.25, 0.3) is 0 Å². The second kappa shape index (κ2) is 7.32. The molecule has 2 aromatic rings. The van der Waals surface area contributed by atoms with Crippen LogP contribution in [0.1, 0.15) is 23.6 Å². The van der Waals surface area contributed by atoms with Gasteiger partial charge in [-0.15, -0.1) is 0 Å². The summed E-state index contributed by atoms with van der Waals surface area (Å²) in [4.78, 5) is 0. The maximum Gasteiger partial charge on any atom is 0.138 e. The zero-order valence-electron chi connectivity index (χ0n) is 12.5. The number of aryl methyl sites for hydroxylation is 2. The van der Waals surface area contributed by atoms with Crippen molar-refractivity contribution in [2.75, 3.05) is 11.9 Å². The largest absolute Gasteiger partial charge is 0.492 e. The average Bonchev–Trinajstić information content (AvgIpc) is 2.43. The van der Waals surface area contributed by atoms with E-state index in [4.69, 9.17) is 4.74 Å². The topological polar surface area (TPSA) is 21.3 Å². The summed E-state index contributed by atoms with van der Waals surface area (Å²) >= 11 is 7.10. The Balaban J connectivity index is 2.20. The van der Waals surface area contributed by atoms with Gasteiger partial charge in [0.15, 0.2) is 0 Å². The lowest BCUT2D eigenvalue weighted by molar-refractivity contribution is 0.334. The Bertz CT molecular complexity index is 641. The third kappa shape index (κ3) is 4.24. The molecule has 0 aliphatic heterocycles. The quantitative estimate of drug-likeness (QED) is 0.665. The molecule has 0 atom stereocenters. The van der Waals surface area contributed by atoms with Crippen molar-refractivity contribution < 1.29 is 4.74 Å². The molecule has 0 saturated carbocycles. The molecule has 2 aromatic carbocycles. The lowest BCUT2D eigenvalue weighted by atomic mass is 10.1. The molecule has 0 bridgehead atoms. The first-order valence-electron chi connectivity index (χ1n) is 6.93. The second-order valence-electron chi connectivity index (χ2n) is 4.96. The van der Waals surface area contributed by atoms with Gasteiger partial charge in [-0.25, -0.2) is 0 Å². The molecule has 0 unspecified atom stereocenters. The number of hydrogen-bond acceptors (Lipinski definition) is 2. The van der Waals surface area contributed by atoms with Crippen LogP contribution in [0.15, 0.2) is 39.3 Å². The van der Waals surface area contributed by atoms with Crippen LogP contribution in [-0.4, -0.2) is 6.61 Å². The van der Waals surface area contributed by atoms with Gasteiger partial charge in [0.25, 0.3) is 0 Å². The molecule has 0 fully saturated rings. The fourth-order valence-electron chi connectivity index (χ4n) is 2.10. The Morgan fingerprint density at radius 3 is 2.48 bits per heavy atom. The smallest absolute Gasteiger partial charge is 0.138 e. The van der Waals surface area contributed by atoms with Crippen molar-refractivity contribution in [3.63, 3.8) is 0 Å². The second-order valence-corrected chi connectivity index (χ2v) is 6.73. The van der Waals surface area contributed by atoms with E-state index in [1.165, 1.54) is 11.1 Å². The fraction of sp³-hybridized carbons (Fsp3) is 0.294. The number of halogens is 2. The van der Waals surface area contributed by atoms with Gasteiger partial charge in [-0.05, 0) is 72.1 Å². The number of ether oxygens (including phenoxy) is 1. The molecule has 21 heavy (non-hydrogen) atoms. The highest BCUT2D eigenvalue weighted by atomic mass is 79.9. The van der Waals surface area contributed by atoms with Crippen LogP contribution in [0.5, 0.6) is 5.75 Å². The van der Waals surface area contributed by atoms with Crippen molar-refractivity contribution in [3.8, 4) is 5.75 Å². The normalized spacial score (nSPS) is 10.5. The molecular formula is C17H19Br2NO. The van der Waals surface area contributed by atoms with Crippen molar-refractivity contribution in [2.45, 2.75) is 27.3 Å². The van der Waals surface area contributed by atoms with Crippen molar-refractivity contribution in [1.82, 2.24) is 0 Å². The molecule has 4 heteroatoms. The molecule has 0 aliphatic carbocycles. The zero-order chi connectivity index (χ0) is 15.4. The summed E-state index contributed by atoms with van der Waals surface area (Å²) in [6.45, 7) is 7.61. The third-order valence-electron chi connectivity index (χ3n) is 3.36. The first-order valence-corrected chi connectivity index (χ1v) is 8.51. The molecular weight excluding hydrogens is 394 g/mol. The summed E-state index contributed by atoms with van der Waals surface area (Å²) < 4.78 is 7.75. The molecule has 0 aromatic heterocycles. The van der Waals surface area contributed by atoms with Gasteiger partial charge in [0.1, 0.15) is 5.75 Å². The number of nitrogens with one attached hydrogen (secondary N) is 1. The van der Waals surface area contributed by atoms with Gasteiger partial charge in [0.2, 0.25) is 0 Å². The molecule has 0 amide bonds. The van der Waals surface area contributed by atoms with Crippen LogP contribution in [-0.2, 0) is 6.54 Å². The van der Waals surface area contributed by atoms with Crippen molar-refractivity contribution in [1.29, 1.82) is 0 Å². The van der Waals surface area contributed by atoms with E-state index in [0.717, 1.165) is 32.5 Å². The van der Waals surface area contributed by atoms with E-state index >= 15 is 0 Å². The minimum atomic E-state index is 0.650. The average molecular weight is 413 g/mol. The van der Waals surface area contributed by atoms with E-state index in [9.17, 15) is 0 Å². The predicted molar refractivity (Wildman–Crippen MR) is 96.3 cm³/mol. The van der Waals surface area contributed by atoms with Gasteiger partial charge < -0.3 is 10.1 Å². The van der Waals surface area contributed by atoms with E-state index < -0.39 is 0 Å². The summed E-state index contributed by atoms with van der Waals surface area (Å²) in [5.74, 6) is 0.900. The van der Waals surface area contributed by atoms with Gasteiger partial charge in [-0.1, -0.05) is 22.0 Å². The number of rotatable bonds is 5. The number of hydrogen-bond donors (Lipinski definition) is 1. The number of benzene rings is 2. The Labute approximate surface area is 143 Å². The highest BCUT2D eigenvalue weighted by molar-refractivity contribution is 9.11. The van der Waals surface area contributed by atoms with Gasteiger partial charge in [0, 0.05) is 22.3 Å². The van der Waals surface area contributed by atoms with Crippen LogP contribution in [0, 0.1) is 13.8 Å². The Morgan fingerprint density at radius 2 is 1.81 bits per heavy atom. The first-order chi connectivity index (χ1) is 10.0. The molecule has 0 heterocycles. The Hall–Kier alpha value is -1.00. The van der Waals surface area contributed by atoms with Crippen LogP contribution >= 0.6 is 31.9 Å². The molecule has 0 aliphatic rings. The van der Waals surface area contributed by atoms with Crippen LogP contribution in [0.3, 0.4) is 0 Å². The fourth-order valence-corrected chi connectivity index (χ4v) is 3.53. The Kier molecular flexibility index (Phi) is 5.71. The summed E-state index contributed by atoms with van der Waals surface area (Å²) in [6, 6.07) is 10.5. The van der Waals surface area contributed by atoms with Crippen molar-refractivity contribution >= 4 is 37.5 Å². The SMILES string of the molecule is CCOc1c(Br)cc(Br)cc1CNc1ccc(C)c(C)c1. The predicted octanol–water partition coefficient (Wildman–Crippen LogP) is 5.84. The van der Waals surface area contributed by atoms with E-state index in [2.05, 4.69) is 75.3 Å². The van der Waals surface area contributed by atoms with E-state index in [1.807, 2.05) is 13.0 Å². The van der Waals surface area contributed by atoms with Crippen LogP contribution in [0.4, 0.5) is 5.69 Å². The van der Waals surface area contributed by atoms with E-state index in [1.54, 1.807) is 0 Å². The summed E-state index contributed by atoms with van der Waals surface area (Å²) in [5, 5.41) is 3.46. The first kappa shape index (κ1) is 16.4. The van der Waals surface area contributed by atoms with Gasteiger partial charge in [0.05, 0.1) is 11.1 Å². The van der Waals surface area contributed by atoms with E-state index in [0.29, 0.717) is 6.61 Å². The molecule has 0 spiro atoms. The summed E-state index contributed by atoms with van der Waals surface area (Å²) in [6.07, 6.45) is 0. The van der Waals surface area contributed by atoms with Crippen LogP contribution in [0.2, 0.25) is 0 Å². The molecule has 0 radical (unpaired) electrons. The molecule has 1 N–H and O–H groups in total. The van der Waals surface area contributed by atoms with E-state index in [-0.39, 0.29) is 0 Å². The lowest BCUT2D eigenvalue weighted by Crippen LogP contribution is -2.04. The summed E-state index contributed by atoms with van der Waals surface area (Å²) in [7, 11) is 0. The van der Waals surface area contributed by atoms with Crippen molar-refractivity contribution in [3.05, 3.63) is 56.0 Å².